The van der Waals surface area contributed by atoms with Gasteiger partial charge in [-0.05, 0) is 43.5 Å². The number of fused-ring (bicyclic) bond motifs is 1. The predicted octanol–water partition coefficient (Wildman–Crippen LogP) is 1.76. The minimum Gasteiger partial charge on any atom is -0.490 e. The quantitative estimate of drug-likeness (QED) is 0.804. The second-order valence-electron chi connectivity index (χ2n) is 5.51. The summed E-state index contributed by atoms with van der Waals surface area (Å²) in [6, 6.07) is 3.39. The number of carbonyl (C=O) groups excluding carboxylic acids is 1. The van der Waals surface area contributed by atoms with Gasteiger partial charge in [-0.1, -0.05) is 0 Å². The van der Waals surface area contributed by atoms with E-state index in [4.69, 9.17) is 19.9 Å². The fourth-order valence-corrected chi connectivity index (χ4v) is 2.77. The maximum Gasteiger partial charge on any atom is 0.242 e. The summed E-state index contributed by atoms with van der Waals surface area (Å²) in [6.45, 7) is 6.48. The number of methoxy groups -OCH3 is 1. The number of rotatable bonds is 7. The number of carbonyl (C=O) groups is 1. The van der Waals surface area contributed by atoms with E-state index in [9.17, 15) is 4.79 Å². The Morgan fingerprint density at radius 2 is 1.79 bits per heavy atom. The molecular formula is C17H27ClN2O4. The lowest BCUT2D eigenvalue weighted by Crippen LogP contribution is -2.47. The van der Waals surface area contributed by atoms with Crippen LogP contribution in [0.5, 0.6) is 11.5 Å². The third-order valence-electron chi connectivity index (χ3n) is 3.85. The molecule has 0 aromatic heterocycles. The molecule has 1 atom stereocenters. The molecule has 0 aliphatic carbocycles. The van der Waals surface area contributed by atoms with Crippen molar-refractivity contribution in [1.29, 1.82) is 0 Å². The van der Waals surface area contributed by atoms with Crippen molar-refractivity contribution in [3.05, 3.63) is 23.3 Å². The molecular weight excluding hydrogens is 332 g/mol. The van der Waals surface area contributed by atoms with Crippen molar-refractivity contribution in [2.24, 2.45) is 5.73 Å². The van der Waals surface area contributed by atoms with Crippen molar-refractivity contribution in [3.8, 4) is 11.5 Å². The summed E-state index contributed by atoms with van der Waals surface area (Å²) in [5.74, 6) is 1.41. The number of nitrogens with zero attached hydrogens (tertiary/aromatic N) is 1. The predicted molar refractivity (Wildman–Crippen MR) is 95.0 cm³/mol. The summed E-state index contributed by atoms with van der Waals surface area (Å²) in [5, 5.41) is 0. The van der Waals surface area contributed by atoms with Crippen LogP contribution in [-0.2, 0) is 22.5 Å². The third kappa shape index (κ3) is 4.75. The van der Waals surface area contributed by atoms with Crippen LogP contribution in [0.15, 0.2) is 12.1 Å². The van der Waals surface area contributed by atoms with Crippen LogP contribution in [0.25, 0.3) is 0 Å². The Morgan fingerprint density at radius 1 is 1.21 bits per heavy atom. The van der Waals surface area contributed by atoms with Gasteiger partial charge in [0.15, 0.2) is 11.5 Å². The summed E-state index contributed by atoms with van der Waals surface area (Å²) >= 11 is 0. The van der Waals surface area contributed by atoms with Crippen molar-refractivity contribution >= 4 is 18.3 Å². The molecule has 0 saturated carbocycles. The number of ether oxygens (including phenoxy) is 3. The van der Waals surface area contributed by atoms with Gasteiger partial charge in [0, 0.05) is 20.2 Å². The average molecular weight is 359 g/mol. The van der Waals surface area contributed by atoms with E-state index in [0.717, 1.165) is 23.5 Å². The van der Waals surface area contributed by atoms with Crippen molar-refractivity contribution < 1.29 is 19.0 Å². The molecule has 7 heteroatoms. The number of halogens is 1. The van der Waals surface area contributed by atoms with Gasteiger partial charge < -0.3 is 24.8 Å². The number of hydrogen-bond acceptors (Lipinski definition) is 5. The van der Waals surface area contributed by atoms with Crippen LogP contribution >= 0.6 is 12.4 Å². The molecule has 24 heavy (non-hydrogen) atoms. The van der Waals surface area contributed by atoms with Crippen LogP contribution in [0.4, 0.5) is 0 Å². The summed E-state index contributed by atoms with van der Waals surface area (Å²) in [6.07, 6.45) is 0.785. The Morgan fingerprint density at radius 3 is 2.33 bits per heavy atom. The molecule has 0 fully saturated rings. The van der Waals surface area contributed by atoms with Gasteiger partial charge in [0.25, 0.3) is 0 Å². The Hall–Kier alpha value is -1.50. The Kier molecular flexibility index (Phi) is 8.31. The number of amides is 1. The largest absolute Gasteiger partial charge is 0.490 e. The van der Waals surface area contributed by atoms with Gasteiger partial charge in [-0.3, -0.25) is 4.79 Å². The highest BCUT2D eigenvalue weighted by atomic mass is 35.5. The van der Waals surface area contributed by atoms with E-state index in [-0.39, 0.29) is 24.9 Å². The van der Waals surface area contributed by atoms with Crippen molar-refractivity contribution in [3.63, 3.8) is 0 Å². The van der Waals surface area contributed by atoms with E-state index in [1.54, 1.807) is 12.0 Å². The Balaban J connectivity index is 0.00000288. The zero-order valence-corrected chi connectivity index (χ0v) is 15.4. The van der Waals surface area contributed by atoms with Crippen LogP contribution < -0.4 is 15.2 Å². The van der Waals surface area contributed by atoms with E-state index in [1.807, 2.05) is 26.0 Å². The lowest BCUT2D eigenvalue weighted by molar-refractivity contribution is -0.134. The number of benzene rings is 1. The van der Waals surface area contributed by atoms with Crippen LogP contribution in [0.1, 0.15) is 25.0 Å². The molecule has 2 N–H and O–H groups in total. The maximum atomic E-state index is 12.3. The summed E-state index contributed by atoms with van der Waals surface area (Å²) in [7, 11) is 1.54. The molecule has 1 aromatic carbocycles. The molecule has 136 valence electrons. The molecule has 2 rings (SSSR count). The molecule has 1 aromatic rings. The topological polar surface area (TPSA) is 74.0 Å². The van der Waals surface area contributed by atoms with Gasteiger partial charge in [0.1, 0.15) is 6.04 Å². The Bertz CT molecular complexity index is 554. The summed E-state index contributed by atoms with van der Waals surface area (Å²) in [5.41, 5.74) is 8.14. The fraction of sp³-hybridized carbons (Fsp3) is 0.588. The molecule has 1 heterocycles. The van der Waals surface area contributed by atoms with Gasteiger partial charge in [-0.25, -0.2) is 0 Å². The van der Waals surface area contributed by atoms with Crippen LogP contribution in [0, 0.1) is 0 Å². The van der Waals surface area contributed by atoms with Crippen molar-refractivity contribution in [2.45, 2.75) is 32.9 Å². The first-order valence-electron chi connectivity index (χ1n) is 8.05. The molecule has 0 spiro atoms. The van der Waals surface area contributed by atoms with Gasteiger partial charge in [0.05, 0.1) is 19.8 Å². The first kappa shape index (κ1) is 20.5. The molecule has 0 saturated heterocycles. The normalized spacial score (nSPS) is 14.4. The zero-order chi connectivity index (χ0) is 16.8. The average Bonchev–Trinajstić information content (AvgIpc) is 2.55. The molecule has 6 nitrogen and oxygen atoms in total. The maximum absolute atomic E-state index is 12.3. The standard InChI is InChI=1S/C17H26N2O4.ClH/c1-4-22-15-8-12-6-7-19(17(20)14(18)11-21-3)10-13(12)9-16(15)23-5-2;/h8-9,14H,4-7,10-11,18H2,1-3H3;1H. The van der Waals surface area contributed by atoms with E-state index >= 15 is 0 Å². The summed E-state index contributed by atoms with van der Waals surface area (Å²) < 4.78 is 16.3. The molecule has 1 unspecified atom stereocenters. The lowest BCUT2D eigenvalue weighted by atomic mass is 9.98. The van der Waals surface area contributed by atoms with Gasteiger partial charge in [0.2, 0.25) is 5.91 Å². The lowest BCUT2D eigenvalue weighted by Gasteiger charge is -2.31. The fourth-order valence-electron chi connectivity index (χ4n) is 2.77. The molecule has 1 aliphatic heterocycles. The van der Waals surface area contributed by atoms with Gasteiger partial charge in [-0.15, -0.1) is 12.4 Å². The van der Waals surface area contributed by atoms with Crippen LogP contribution in [0.2, 0.25) is 0 Å². The first-order valence-corrected chi connectivity index (χ1v) is 8.05. The highest BCUT2D eigenvalue weighted by molar-refractivity contribution is 5.85. The first-order chi connectivity index (χ1) is 11.1. The van der Waals surface area contributed by atoms with Crippen molar-refractivity contribution in [1.82, 2.24) is 4.90 Å². The third-order valence-corrected chi connectivity index (χ3v) is 3.85. The van der Waals surface area contributed by atoms with Gasteiger partial charge >= 0.3 is 0 Å². The minimum atomic E-state index is -0.615. The summed E-state index contributed by atoms with van der Waals surface area (Å²) in [4.78, 5) is 14.1. The minimum absolute atomic E-state index is 0. The van der Waals surface area contributed by atoms with E-state index in [1.165, 1.54) is 5.56 Å². The van der Waals surface area contributed by atoms with E-state index < -0.39 is 6.04 Å². The molecule has 0 bridgehead atoms. The zero-order valence-electron chi connectivity index (χ0n) is 14.5. The highest BCUT2D eigenvalue weighted by Gasteiger charge is 2.26. The van der Waals surface area contributed by atoms with Crippen LogP contribution in [0.3, 0.4) is 0 Å². The highest BCUT2D eigenvalue weighted by Crippen LogP contribution is 2.34. The SMILES string of the molecule is CCOc1cc2c(cc1OCC)CN(C(=O)C(N)COC)CC2.Cl. The van der Waals surface area contributed by atoms with Crippen molar-refractivity contribution in [2.75, 3.05) is 33.5 Å². The monoisotopic (exact) mass is 358 g/mol. The van der Waals surface area contributed by atoms with Gasteiger partial charge in [-0.2, -0.15) is 0 Å². The van der Waals surface area contributed by atoms with Crippen LogP contribution in [-0.4, -0.2) is 50.3 Å². The van der Waals surface area contributed by atoms with E-state index in [0.29, 0.717) is 26.3 Å². The molecule has 1 amide bonds. The Labute approximate surface area is 149 Å². The second-order valence-corrected chi connectivity index (χ2v) is 5.51. The second kappa shape index (κ2) is 9.71. The van der Waals surface area contributed by atoms with E-state index in [2.05, 4.69) is 0 Å². The number of hydrogen-bond donors (Lipinski definition) is 1. The molecule has 0 radical (unpaired) electrons. The molecule has 1 aliphatic rings. The number of nitrogens with two attached hydrogens (primary N) is 1. The smallest absolute Gasteiger partial charge is 0.242 e.